The number of aromatic nitrogens is 4. The van der Waals surface area contributed by atoms with Crippen LogP contribution < -0.4 is 15.2 Å². The van der Waals surface area contributed by atoms with Crippen LogP contribution in [-0.4, -0.2) is 61.9 Å². The molecule has 10 nitrogen and oxygen atoms in total. The number of ether oxygens (including phenoxy) is 2. The number of imidazole rings is 1. The smallest absolute Gasteiger partial charge is 0.407 e. The number of methoxy groups -OCH3 is 1. The molecule has 2 aromatic heterocycles. The van der Waals surface area contributed by atoms with Crippen molar-refractivity contribution in [1.29, 1.82) is 0 Å². The van der Waals surface area contributed by atoms with Crippen molar-refractivity contribution in [3.05, 3.63) is 0 Å². The first-order chi connectivity index (χ1) is 14.7. The second-order valence-corrected chi connectivity index (χ2v) is 9.16. The number of hydrogen-bond acceptors (Lipinski definition) is 7. The van der Waals surface area contributed by atoms with Gasteiger partial charge in [0, 0.05) is 19.1 Å². The van der Waals surface area contributed by atoms with Crippen molar-refractivity contribution < 1.29 is 19.4 Å². The van der Waals surface area contributed by atoms with E-state index in [1.807, 2.05) is 4.57 Å². The maximum absolute atomic E-state index is 11.9. The lowest BCUT2D eigenvalue weighted by molar-refractivity contribution is 0.0169. The van der Waals surface area contributed by atoms with E-state index >= 15 is 0 Å². The van der Waals surface area contributed by atoms with Crippen LogP contribution in [0.25, 0.3) is 11.2 Å². The van der Waals surface area contributed by atoms with Crippen molar-refractivity contribution in [2.75, 3.05) is 26.0 Å². The van der Waals surface area contributed by atoms with Gasteiger partial charge in [-0.1, -0.05) is 34.1 Å². The molecule has 3 heterocycles. The number of fused-ring (bicyclic) bond motifs is 1. The maximum atomic E-state index is 11.9. The Hall–Kier alpha value is -2.78. The van der Waals surface area contributed by atoms with Gasteiger partial charge in [-0.2, -0.15) is 15.0 Å². The molecule has 1 fully saturated rings. The Morgan fingerprint density at radius 3 is 2.65 bits per heavy atom. The first kappa shape index (κ1) is 22.9. The van der Waals surface area contributed by atoms with Gasteiger partial charge >= 0.3 is 12.1 Å². The summed E-state index contributed by atoms with van der Waals surface area (Å²) in [7, 11) is 1.55. The number of amides is 1. The molecule has 1 amide bonds. The van der Waals surface area contributed by atoms with E-state index in [0.717, 1.165) is 25.7 Å². The molecule has 3 rings (SSSR count). The van der Waals surface area contributed by atoms with Crippen LogP contribution in [0.1, 0.15) is 53.4 Å². The van der Waals surface area contributed by atoms with Crippen molar-refractivity contribution >= 4 is 23.1 Å². The lowest BCUT2D eigenvalue weighted by Gasteiger charge is -2.47. The minimum absolute atomic E-state index is 0.0665. The fourth-order valence-corrected chi connectivity index (χ4v) is 4.56. The van der Waals surface area contributed by atoms with Crippen molar-refractivity contribution in [1.82, 2.24) is 24.4 Å². The second kappa shape index (κ2) is 9.15. The Morgan fingerprint density at radius 2 is 2.03 bits per heavy atom. The van der Waals surface area contributed by atoms with E-state index < -0.39 is 6.09 Å². The van der Waals surface area contributed by atoms with Gasteiger partial charge < -0.3 is 25.2 Å². The molecule has 1 unspecified atom stereocenters. The first-order valence-corrected chi connectivity index (χ1v) is 10.9. The number of likely N-dealkylation sites (tertiary alicyclic amines) is 1. The minimum Gasteiger partial charge on any atom is -0.468 e. The molecule has 3 N–H and O–H groups in total. The Morgan fingerprint density at radius 1 is 1.29 bits per heavy atom. The molecule has 0 spiro atoms. The van der Waals surface area contributed by atoms with Gasteiger partial charge in [-0.3, -0.25) is 4.57 Å². The van der Waals surface area contributed by atoms with Crippen LogP contribution in [0.2, 0.25) is 0 Å². The Bertz CT molecular complexity index is 923. The molecule has 10 heteroatoms. The lowest BCUT2D eigenvalue weighted by Crippen LogP contribution is -2.55. The zero-order chi connectivity index (χ0) is 22.8. The zero-order valence-corrected chi connectivity index (χ0v) is 19.1. The molecule has 0 saturated carbocycles. The average molecular weight is 435 g/mol. The van der Waals surface area contributed by atoms with E-state index in [0.29, 0.717) is 36.9 Å². The number of nitrogens with zero attached hydrogens (tertiary/aromatic N) is 5. The number of hydrogen-bond donors (Lipinski definition) is 2. The molecule has 31 heavy (non-hydrogen) atoms. The quantitative estimate of drug-likeness (QED) is 0.635. The molecular weight excluding hydrogens is 400 g/mol. The Kier molecular flexibility index (Phi) is 6.76. The van der Waals surface area contributed by atoms with Gasteiger partial charge in [0.15, 0.2) is 17.0 Å². The SMILES string of the molecule is CCCCOc1nc(N)c2nc(OC)n(C[C@@H]3CCCN(C(=O)O)C3C(C)(C)C)c2n1. The number of anilines is 1. The van der Waals surface area contributed by atoms with Gasteiger partial charge in [0.05, 0.1) is 13.7 Å². The summed E-state index contributed by atoms with van der Waals surface area (Å²) < 4.78 is 13.1. The van der Waals surface area contributed by atoms with E-state index in [1.165, 1.54) is 0 Å². The third-order valence-corrected chi connectivity index (χ3v) is 5.78. The summed E-state index contributed by atoms with van der Waals surface area (Å²) in [5, 5.41) is 9.79. The summed E-state index contributed by atoms with van der Waals surface area (Å²) in [6, 6.07) is 0.438. The summed E-state index contributed by atoms with van der Waals surface area (Å²) in [6.07, 6.45) is 2.71. The number of nitrogen functional groups attached to an aromatic ring is 1. The highest BCUT2D eigenvalue weighted by Gasteiger charge is 2.42. The number of unbranched alkanes of at least 4 members (excludes halogenated alkanes) is 1. The molecule has 0 radical (unpaired) electrons. The molecule has 0 aromatic carbocycles. The van der Waals surface area contributed by atoms with Crippen LogP contribution in [0.4, 0.5) is 10.6 Å². The number of nitrogens with two attached hydrogens (primary N) is 1. The average Bonchev–Trinajstić information content (AvgIpc) is 3.05. The summed E-state index contributed by atoms with van der Waals surface area (Å²) in [5.41, 5.74) is 6.91. The van der Waals surface area contributed by atoms with Crippen molar-refractivity contribution in [2.24, 2.45) is 11.3 Å². The van der Waals surface area contributed by atoms with E-state index in [9.17, 15) is 9.90 Å². The van der Waals surface area contributed by atoms with Crippen LogP contribution >= 0.6 is 0 Å². The van der Waals surface area contributed by atoms with Crippen LogP contribution in [0, 0.1) is 11.3 Å². The van der Waals surface area contributed by atoms with Gasteiger partial charge in [-0.25, -0.2) is 4.79 Å². The molecule has 1 aliphatic heterocycles. The van der Waals surface area contributed by atoms with Crippen LogP contribution in [-0.2, 0) is 6.54 Å². The molecule has 172 valence electrons. The summed E-state index contributed by atoms with van der Waals surface area (Å²) >= 11 is 0. The number of piperidine rings is 1. The van der Waals surface area contributed by atoms with Crippen molar-refractivity contribution in [2.45, 2.75) is 66.0 Å². The molecule has 1 aliphatic rings. The maximum Gasteiger partial charge on any atom is 0.407 e. The fourth-order valence-electron chi connectivity index (χ4n) is 4.56. The van der Waals surface area contributed by atoms with E-state index in [2.05, 4.69) is 42.6 Å². The molecule has 0 bridgehead atoms. The predicted octanol–water partition coefficient (Wildman–Crippen LogP) is 3.40. The van der Waals surface area contributed by atoms with Gasteiger partial charge in [0.25, 0.3) is 6.01 Å². The predicted molar refractivity (Wildman–Crippen MR) is 117 cm³/mol. The topological polar surface area (TPSA) is 129 Å². The van der Waals surface area contributed by atoms with E-state index in [1.54, 1.807) is 12.0 Å². The summed E-state index contributed by atoms with van der Waals surface area (Å²) in [4.78, 5) is 26.8. The van der Waals surface area contributed by atoms with E-state index in [-0.39, 0.29) is 29.2 Å². The van der Waals surface area contributed by atoms with E-state index in [4.69, 9.17) is 15.2 Å². The van der Waals surface area contributed by atoms with Gasteiger partial charge in [0.2, 0.25) is 0 Å². The highest BCUT2D eigenvalue weighted by molar-refractivity contribution is 5.83. The monoisotopic (exact) mass is 434 g/mol. The van der Waals surface area contributed by atoms with Crippen molar-refractivity contribution in [3.63, 3.8) is 0 Å². The summed E-state index contributed by atoms with van der Waals surface area (Å²) in [5.74, 6) is 0.300. The first-order valence-electron chi connectivity index (χ1n) is 10.9. The van der Waals surface area contributed by atoms with Gasteiger partial charge in [-0.15, -0.1) is 0 Å². The highest BCUT2D eigenvalue weighted by Crippen LogP contribution is 2.38. The Balaban J connectivity index is 2.01. The normalized spacial score (nSPS) is 19.6. The molecule has 2 atom stereocenters. The van der Waals surface area contributed by atoms with Gasteiger partial charge in [0.1, 0.15) is 0 Å². The summed E-state index contributed by atoms with van der Waals surface area (Å²) in [6.45, 7) is 9.88. The number of carboxylic acid groups (broad SMARTS) is 1. The van der Waals surface area contributed by atoms with Crippen LogP contribution in [0.5, 0.6) is 12.0 Å². The third kappa shape index (κ3) is 4.77. The standard InChI is InChI=1S/C21H34N6O4/c1-6-7-11-31-18-24-16(22)14-17(25-18)27(19(23-14)30-5)12-13-9-8-10-26(20(28)29)15(13)21(2,3)4/h13,15H,6-12H2,1-5H3,(H,28,29)(H2,22,24,25)/t13-,15?/m0/s1. The number of rotatable bonds is 7. The third-order valence-electron chi connectivity index (χ3n) is 5.78. The zero-order valence-electron chi connectivity index (χ0n) is 19.1. The molecule has 2 aromatic rings. The van der Waals surface area contributed by atoms with Crippen LogP contribution in [0.15, 0.2) is 0 Å². The number of carbonyl (C=O) groups is 1. The lowest BCUT2D eigenvalue weighted by atomic mass is 9.74. The van der Waals surface area contributed by atoms with Crippen molar-refractivity contribution in [3.8, 4) is 12.0 Å². The highest BCUT2D eigenvalue weighted by atomic mass is 16.5. The Labute approximate surface area is 182 Å². The largest absolute Gasteiger partial charge is 0.468 e. The molecule has 1 saturated heterocycles. The second-order valence-electron chi connectivity index (χ2n) is 9.16. The molecular formula is C21H34N6O4. The minimum atomic E-state index is -0.884. The fraction of sp³-hybridized carbons (Fsp3) is 0.714. The van der Waals surface area contributed by atoms with Crippen LogP contribution in [0.3, 0.4) is 0 Å². The van der Waals surface area contributed by atoms with Gasteiger partial charge in [-0.05, 0) is 30.6 Å². The molecule has 0 aliphatic carbocycles.